The minimum absolute atomic E-state index is 0.234. The Hall–Kier alpha value is -1.86. The predicted molar refractivity (Wildman–Crippen MR) is 71.0 cm³/mol. The van der Waals surface area contributed by atoms with E-state index in [1.54, 1.807) is 0 Å². The lowest BCUT2D eigenvalue weighted by molar-refractivity contribution is -0.198. The summed E-state index contributed by atoms with van der Waals surface area (Å²) >= 11 is 0. The number of aliphatic carboxylic acids is 1. The van der Waals surface area contributed by atoms with Crippen molar-refractivity contribution in [1.82, 2.24) is 4.90 Å². The number of carbonyl (C=O) groups excluding carboxylic acids is 2. The van der Waals surface area contributed by atoms with Crippen molar-refractivity contribution in [2.45, 2.75) is 44.3 Å². The van der Waals surface area contributed by atoms with E-state index in [0.717, 1.165) is 6.08 Å². The summed E-state index contributed by atoms with van der Waals surface area (Å²) < 4.78 is 38.3. The lowest BCUT2D eigenvalue weighted by Crippen LogP contribution is -2.47. The van der Waals surface area contributed by atoms with Gasteiger partial charge < -0.3 is 10.0 Å². The van der Waals surface area contributed by atoms with Gasteiger partial charge in [0.2, 0.25) is 5.91 Å². The van der Waals surface area contributed by atoms with E-state index in [2.05, 4.69) is 6.58 Å². The fraction of sp³-hybridized carbons (Fsp3) is 0.643. The topological polar surface area (TPSA) is 74.7 Å². The maximum Gasteiger partial charge on any atom is 0.402 e. The van der Waals surface area contributed by atoms with Gasteiger partial charge in [-0.05, 0) is 31.8 Å². The van der Waals surface area contributed by atoms with Crippen LogP contribution in [0, 0.1) is 5.92 Å². The second-order valence-corrected chi connectivity index (χ2v) is 5.25. The summed E-state index contributed by atoms with van der Waals surface area (Å²) in [5.74, 6) is -5.56. The summed E-state index contributed by atoms with van der Waals surface area (Å²) in [4.78, 5) is 35.3. The zero-order valence-electron chi connectivity index (χ0n) is 11.9. The van der Waals surface area contributed by atoms with Crippen molar-refractivity contribution in [1.29, 1.82) is 0 Å². The zero-order valence-corrected chi connectivity index (χ0v) is 11.9. The van der Waals surface area contributed by atoms with Crippen molar-refractivity contribution in [2.24, 2.45) is 5.92 Å². The summed E-state index contributed by atoms with van der Waals surface area (Å²) in [6, 6.07) is -0.818. The van der Waals surface area contributed by atoms with Crippen LogP contribution in [0.4, 0.5) is 13.2 Å². The molecule has 124 valence electrons. The number of ketones is 1. The maximum atomic E-state index is 12.8. The van der Waals surface area contributed by atoms with Crippen molar-refractivity contribution in [3.05, 3.63) is 12.7 Å². The van der Waals surface area contributed by atoms with Gasteiger partial charge in [-0.15, -0.1) is 0 Å². The average molecular weight is 321 g/mol. The van der Waals surface area contributed by atoms with Crippen LogP contribution in [-0.2, 0) is 14.4 Å². The molecule has 1 fully saturated rings. The number of likely N-dealkylation sites (tertiary alicyclic amines) is 1. The smallest absolute Gasteiger partial charge is 0.402 e. The lowest BCUT2D eigenvalue weighted by atomic mass is 9.91. The number of rotatable bonds is 6. The minimum Gasteiger partial charge on any atom is -0.481 e. The number of carboxylic acid groups (broad SMARTS) is 1. The molecule has 1 amide bonds. The monoisotopic (exact) mass is 321 g/mol. The Labute approximate surface area is 125 Å². The first-order valence-corrected chi connectivity index (χ1v) is 6.91. The molecule has 1 N–H and O–H groups in total. The number of alkyl halides is 3. The number of hydrogen-bond donors (Lipinski definition) is 1. The van der Waals surface area contributed by atoms with E-state index >= 15 is 0 Å². The molecule has 0 radical (unpaired) electrons. The van der Waals surface area contributed by atoms with E-state index in [1.165, 1.54) is 4.90 Å². The number of hydrogen-bond acceptors (Lipinski definition) is 3. The van der Waals surface area contributed by atoms with Gasteiger partial charge in [0.05, 0.1) is 6.42 Å². The summed E-state index contributed by atoms with van der Waals surface area (Å²) in [5, 5.41) is 8.76. The summed E-state index contributed by atoms with van der Waals surface area (Å²) in [5.41, 5.74) is 0. The number of halogens is 3. The largest absolute Gasteiger partial charge is 0.481 e. The van der Waals surface area contributed by atoms with Gasteiger partial charge in [0.15, 0.2) is 11.7 Å². The predicted octanol–water partition coefficient (Wildman–Crippen LogP) is 2.17. The molecule has 5 nitrogen and oxygen atoms in total. The van der Waals surface area contributed by atoms with Gasteiger partial charge in [0, 0.05) is 12.6 Å². The third-order valence-corrected chi connectivity index (χ3v) is 3.70. The first-order valence-electron chi connectivity index (χ1n) is 6.91. The van der Waals surface area contributed by atoms with Crippen LogP contribution in [0.5, 0.6) is 0 Å². The molecule has 0 saturated carbocycles. The summed E-state index contributed by atoms with van der Waals surface area (Å²) in [7, 11) is 0. The van der Waals surface area contributed by atoms with Crippen molar-refractivity contribution in [3.63, 3.8) is 0 Å². The Morgan fingerprint density at radius 1 is 1.32 bits per heavy atom. The Morgan fingerprint density at radius 2 is 1.95 bits per heavy atom. The van der Waals surface area contributed by atoms with Crippen molar-refractivity contribution < 1.29 is 32.7 Å². The standard InChI is InChI=1S/C14H18F3NO4/c1-2-10(19)8-12(20)18-6-4-3-5-9(18)7-11(13(21)22)14(15,16)17/h2,9,11H,1,3-8H2,(H,21,22). The molecule has 8 heteroatoms. The average Bonchev–Trinajstić information content (AvgIpc) is 2.43. The van der Waals surface area contributed by atoms with Gasteiger partial charge in [-0.25, -0.2) is 0 Å². The summed E-state index contributed by atoms with van der Waals surface area (Å²) in [6.07, 6.45) is -3.49. The van der Waals surface area contributed by atoms with Gasteiger partial charge in [0.25, 0.3) is 0 Å². The van der Waals surface area contributed by atoms with E-state index in [1.807, 2.05) is 0 Å². The van der Waals surface area contributed by atoms with E-state index in [9.17, 15) is 27.6 Å². The van der Waals surface area contributed by atoms with Crippen LogP contribution >= 0.6 is 0 Å². The fourth-order valence-corrected chi connectivity index (χ4v) is 2.54. The van der Waals surface area contributed by atoms with Gasteiger partial charge in [-0.1, -0.05) is 6.58 Å². The molecule has 0 aromatic heterocycles. The normalized spacial score (nSPS) is 20.3. The minimum atomic E-state index is -4.87. The van der Waals surface area contributed by atoms with Crippen LogP contribution < -0.4 is 0 Å². The first-order chi connectivity index (χ1) is 10.2. The van der Waals surface area contributed by atoms with Crippen LogP contribution in [0.3, 0.4) is 0 Å². The number of carbonyl (C=O) groups is 3. The van der Waals surface area contributed by atoms with E-state index in [-0.39, 0.29) is 6.54 Å². The molecule has 1 saturated heterocycles. The second-order valence-electron chi connectivity index (χ2n) is 5.25. The number of amides is 1. The molecule has 0 spiro atoms. The van der Waals surface area contributed by atoms with Crippen molar-refractivity contribution >= 4 is 17.7 Å². The molecule has 1 rings (SSSR count). The van der Waals surface area contributed by atoms with E-state index < -0.39 is 48.6 Å². The number of piperidine rings is 1. The van der Waals surface area contributed by atoms with Crippen LogP contribution in [0.1, 0.15) is 32.1 Å². The highest BCUT2D eigenvalue weighted by Gasteiger charge is 2.47. The highest BCUT2D eigenvalue weighted by Crippen LogP contribution is 2.33. The molecule has 2 unspecified atom stereocenters. The Kier molecular flexibility index (Phi) is 6.13. The quantitative estimate of drug-likeness (QED) is 0.601. The molecule has 1 aliphatic rings. The van der Waals surface area contributed by atoms with Crippen LogP contribution in [0.25, 0.3) is 0 Å². The molecular formula is C14H18F3NO4. The molecule has 22 heavy (non-hydrogen) atoms. The molecule has 0 aromatic rings. The van der Waals surface area contributed by atoms with Gasteiger partial charge >= 0.3 is 12.1 Å². The highest BCUT2D eigenvalue weighted by molar-refractivity contribution is 6.03. The van der Waals surface area contributed by atoms with Gasteiger partial charge in [-0.2, -0.15) is 13.2 Å². The maximum absolute atomic E-state index is 12.8. The van der Waals surface area contributed by atoms with Gasteiger partial charge in [0.1, 0.15) is 0 Å². The van der Waals surface area contributed by atoms with Crippen molar-refractivity contribution in [2.75, 3.05) is 6.54 Å². The van der Waals surface area contributed by atoms with Crippen LogP contribution in [0.15, 0.2) is 12.7 Å². The Morgan fingerprint density at radius 3 is 2.45 bits per heavy atom. The zero-order chi connectivity index (χ0) is 16.9. The molecule has 0 bridgehead atoms. The third kappa shape index (κ3) is 4.85. The summed E-state index contributed by atoms with van der Waals surface area (Å²) in [6.45, 7) is 3.47. The van der Waals surface area contributed by atoms with E-state index in [0.29, 0.717) is 19.3 Å². The highest BCUT2D eigenvalue weighted by atomic mass is 19.4. The third-order valence-electron chi connectivity index (χ3n) is 3.70. The second kappa shape index (κ2) is 7.42. The molecule has 1 heterocycles. The fourth-order valence-electron chi connectivity index (χ4n) is 2.54. The molecule has 1 aliphatic heterocycles. The lowest BCUT2D eigenvalue weighted by Gasteiger charge is -2.37. The van der Waals surface area contributed by atoms with Crippen LogP contribution in [-0.4, -0.2) is 46.4 Å². The Balaban J connectivity index is 2.84. The Bertz CT molecular complexity index is 461. The number of carboxylic acids is 1. The number of nitrogens with zero attached hydrogens (tertiary/aromatic N) is 1. The molecule has 2 atom stereocenters. The number of allylic oxidation sites excluding steroid dienone is 1. The first kappa shape index (κ1) is 18.2. The van der Waals surface area contributed by atoms with Crippen molar-refractivity contribution in [3.8, 4) is 0 Å². The molecule has 0 aliphatic carbocycles. The van der Waals surface area contributed by atoms with Crippen LogP contribution in [0.2, 0.25) is 0 Å². The molecular weight excluding hydrogens is 303 g/mol. The van der Waals surface area contributed by atoms with Gasteiger partial charge in [-0.3, -0.25) is 14.4 Å². The SMILES string of the molecule is C=CC(=O)CC(=O)N1CCCCC1CC(C(=O)O)C(F)(F)F. The molecule has 0 aromatic carbocycles. The van der Waals surface area contributed by atoms with E-state index in [4.69, 9.17) is 5.11 Å².